The Labute approximate surface area is 98.7 Å². The van der Waals surface area contributed by atoms with Gasteiger partial charge < -0.3 is 5.11 Å². The van der Waals surface area contributed by atoms with Crippen molar-refractivity contribution in [1.82, 2.24) is 15.0 Å². The second kappa shape index (κ2) is 4.78. The molecule has 88 valence electrons. The molecule has 0 aliphatic carbocycles. The van der Waals surface area contributed by atoms with Gasteiger partial charge in [0.15, 0.2) is 0 Å². The molecule has 0 aliphatic heterocycles. The molecule has 1 unspecified atom stereocenters. The van der Waals surface area contributed by atoms with E-state index in [9.17, 15) is 4.79 Å². The number of benzene rings is 1. The number of aliphatic carboxylic acids is 1. The highest BCUT2D eigenvalue weighted by Gasteiger charge is 2.17. The molecule has 5 nitrogen and oxygen atoms in total. The number of hydrogen-bond donors (Lipinski definition) is 1. The Morgan fingerprint density at radius 1 is 1.41 bits per heavy atom. The van der Waals surface area contributed by atoms with Crippen LogP contribution >= 0.6 is 0 Å². The van der Waals surface area contributed by atoms with Crippen LogP contribution in [0.5, 0.6) is 0 Å². The van der Waals surface area contributed by atoms with Gasteiger partial charge in [0.25, 0.3) is 0 Å². The monoisotopic (exact) mass is 231 g/mol. The molecule has 0 aliphatic rings. The summed E-state index contributed by atoms with van der Waals surface area (Å²) in [5.41, 5.74) is 1.68. The standard InChI is InChI=1S/C12H13N3O2/c1-2-11(12(16)17)9-3-5-10(6-4-9)15-8-7-13-14-15/h3-8,11H,2H2,1H3,(H,16,17). The van der Waals surface area contributed by atoms with Gasteiger partial charge in [-0.25, -0.2) is 4.68 Å². The predicted molar refractivity (Wildman–Crippen MR) is 62.0 cm³/mol. The van der Waals surface area contributed by atoms with Gasteiger partial charge in [-0.2, -0.15) is 0 Å². The maximum Gasteiger partial charge on any atom is 0.310 e. The first-order valence-corrected chi connectivity index (χ1v) is 5.42. The highest BCUT2D eigenvalue weighted by atomic mass is 16.4. The van der Waals surface area contributed by atoms with E-state index in [1.165, 1.54) is 0 Å². The molecule has 1 aromatic carbocycles. The van der Waals surface area contributed by atoms with Crippen LogP contribution in [0, 0.1) is 0 Å². The zero-order chi connectivity index (χ0) is 12.3. The van der Waals surface area contributed by atoms with Crippen molar-refractivity contribution in [2.24, 2.45) is 0 Å². The molecule has 0 radical (unpaired) electrons. The first kappa shape index (κ1) is 11.3. The van der Waals surface area contributed by atoms with E-state index in [0.29, 0.717) is 6.42 Å². The Balaban J connectivity index is 2.26. The first-order valence-electron chi connectivity index (χ1n) is 5.42. The van der Waals surface area contributed by atoms with E-state index in [4.69, 9.17) is 5.11 Å². The van der Waals surface area contributed by atoms with Crippen molar-refractivity contribution >= 4 is 5.97 Å². The SMILES string of the molecule is CCC(C(=O)O)c1ccc(-n2ccnn2)cc1. The van der Waals surface area contributed by atoms with Gasteiger partial charge in [0.1, 0.15) is 0 Å². The summed E-state index contributed by atoms with van der Waals surface area (Å²) in [5.74, 6) is -1.24. The number of nitrogens with zero attached hydrogens (tertiary/aromatic N) is 3. The number of hydrogen-bond acceptors (Lipinski definition) is 3. The van der Waals surface area contributed by atoms with Gasteiger partial charge in [-0.05, 0) is 24.1 Å². The molecule has 1 N–H and O–H groups in total. The quantitative estimate of drug-likeness (QED) is 0.871. The summed E-state index contributed by atoms with van der Waals surface area (Å²) in [4.78, 5) is 11.0. The van der Waals surface area contributed by atoms with Crippen LogP contribution in [-0.2, 0) is 4.79 Å². The summed E-state index contributed by atoms with van der Waals surface area (Å²) >= 11 is 0. The molecule has 0 saturated heterocycles. The lowest BCUT2D eigenvalue weighted by molar-refractivity contribution is -0.138. The maximum absolute atomic E-state index is 11.0. The molecular formula is C12H13N3O2. The number of carboxylic acid groups (broad SMARTS) is 1. The van der Waals surface area contributed by atoms with E-state index >= 15 is 0 Å². The van der Waals surface area contributed by atoms with E-state index in [-0.39, 0.29) is 0 Å². The molecule has 1 heterocycles. The molecule has 2 aromatic rings. The zero-order valence-corrected chi connectivity index (χ0v) is 9.45. The van der Waals surface area contributed by atoms with Gasteiger partial charge >= 0.3 is 5.97 Å². The highest BCUT2D eigenvalue weighted by Crippen LogP contribution is 2.20. The Kier molecular flexibility index (Phi) is 3.18. The normalized spacial score (nSPS) is 12.3. The molecule has 5 heteroatoms. The van der Waals surface area contributed by atoms with Crippen LogP contribution in [0.3, 0.4) is 0 Å². The molecular weight excluding hydrogens is 218 g/mol. The Hall–Kier alpha value is -2.17. The summed E-state index contributed by atoms with van der Waals surface area (Å²) in [6.07, 6.45) is 3.92. The fourth-order valence-electron chi connectivity index (χ4n) is 1.76. The van der Waals surface area contributed by atoms with Crippen molar-refractivity contribution in [3.63, 3.8) is 0 Å². The number of aromatic nitrogens is 3. The van der Waals surface area contributed by atoms with E-state index in [2.05, 4.69) is 10.3 Å². The fourth-order valence-corrected chi connectivity index (χ4v) is 1.76. The summed E-state index contributed by atoms with van der Waals surface area (Å²) < 4.78 is 1.63. The molecule has 0 spiro atoms. The van der Waals surface area contributed by atoms with Crippen molar-refractivity contribution in [2.45, 2.75) is 19.3 Å². The minimum Gasteiger partial charge on any atom is -0.481 e. The molecule has 0 saturated carbocycles. The average Bonchev–Trinajstić information content (AvgIpc) is 2.84. The lowest BCUT2D eigenvalue weighted by atomic mass is 9.96. The molecule has 17 heavy (non-hydrogen) atoms. The summed E-state index contributed by atoms with van der Waals surface area (Å²) in [6, 6.07) is 7.32. The Morgan fingerprint density at radius 3 is 2.59 bits per heavy atom. The lowest BCUT2D eigenvalue weighted by Crippen LogP contribution is -2.10. The highest BCUT2D eigenvalue weighted by molar-refractivity contribution is 5.76. The van der Waals surface area contributed by atoms with E-state index in [1.807, 2.05) is 31.2 Å². The van der Waals surface area contributed by atoms with Crippen LogP contribution in [-0.4, -0.2) is 26.1 Å². The Bertz CT molecular complexity index is 491. The van der Waals surface area contributed by atoms with Crippen molar-refractivity contribution < 1.29 is 9.90 Å². The largest absolute Gasteiger partial charge is 0.481 e. The topological polar surface area (TPSA) is 68.0 Å². The van der Waals surface area contributed by atoms with E-state index < -0.39 is 11.9 Å². The third-order valence-corrected chi connectivity index (χ3v) is 2.69. The summed E-state index contributed by atoms with van der Waals surface area (Å²) in [7, 11) is 0. The second-order valence-corrected chi connectivity index (χ2v) is 3.74. The van der Waals surface area contributed by atoms with Crippen molar-refractivity contribution in [3.8, 4) is 5.69 Å². The zero-order valence-electron chi connectivity index (χ0n) is 9.45. The van der Waals surface area contributed by atoms with Crippen LogP contribution in [0.25, 0.3) is 5.69 Å². The van der Waals surface area contributed by atoms with Crippen LogP contribution < -0.4 is 0 Å². The van der Waals surface area contributed by atoms with Gasteiger partial charge in [0, 0.05) is 0 Å². The average molecular weight is 231 g/mol. The van der Waals surface area contributed by atoms with Gasteiger partial charge in [-0.3, -0.25) is 4.79 Å². The van der Waals surface area contributed by atoms with Crippen molar-refractivity contribution in [3.05, 3.63) is 42.2 Å². The number of carbonyl (C=O) groups is 1. The predicted octanol–water partition coefficient (Wildman–Crippen LogP) is 1.85. The molecule has 0 bridgehead atoms. The summed E-state index contributed by atoms with van der Waals surface area (Å²) in [6.45, 7) is 1.87. The van der Waals surface area contributed by atoms with Crippen LogP contribution in [0.4, 0.5) is 0 Å². The number of carboxylic acids is 1. The van der Waals surface area contributed by atoms with Crippen LogP contribution in [0.2, 0.25) is 0 Å². The van der Waals surface area contributed by atoms with Gasteiger partial charge in [0.05, 0.1) is 24.0 Å². The molecule has 1 atom stereocenters. The molecule has 1 aromatic heterocycles. The maximum atomic E-state index is 11.0. The van der Waals surface area contributed by atoms with Crippen molar-refractivity contribution in [2.75, 3.05) is 0 Å². The Morgan fingerprint density at radius 2 is 2.12 bits per heavy atom. The third-order valence-electron chi connectivity index (χ3n) is 2.69. The second-order valence-electron chi connectivity index (χ2n) is 3.74. The lowest BCUT2D eigenvalue weighted by Gasteiger charge is -2.10. The van der Waals surface area contributed by atoms with Crippen LogP contribution in [0.15, 0.2) is 36.7 Å². The summed E-state index contributed by atoms with van der Waals surface area (Å²) in [5, 5.41) is 16.6. The fraction of sp³-hybridized carbons (Fsp3) is 0.250. The van der Waals surface area contributed by atoms with Gasteiger partial charge in [-0.1, -0.05) is 24.3 Å². The van der Waals surface area contributed by atoms with E-state index in [0.717, 1.165) is 11.3 Å². The van der Waals surface area contributed by atoms with Crippen molar-refractivity contribution in [1.29, 1.82) is 0 Å². The minimum atomic E-state index is -0.791. The molecule has 0 amide bonds. The molecule has 2 rings (SSSR count). The smallest absolute Gasteiger partial charge is 0.310 e. The van der Waals surface area contributed by atoms with Crippen LogP contribution in [0.1, 0.15) is 24.8 Å². The van der Waals surface area contributed by atoms with Gasteiger partial charge in [0.2, 0.25) is 0 Å². The first-order chi connectivity index (χ1) is 8.22. The van der Waals surface area contributed by atoms with Gasteiger partial charge in [-0.15, -0.1) is 5.10 Å². The number of rotatable bonds is 4. The van der Waals surface area contributed by atoms with E-state index in [1.54, 1.807) is 17.1 Å². The third kappa shape index (κ3) is 2.33. The molecule has 0 fully saturated rings. The minimum absolute atomic E-state index is 0.445.